The maximum Gasteiger partial charge on any atom is 0.294 e. The zero-order chi connectivity index (χ0) is 26.8. The van der Waals surface area contributed by atoms with E-state index in [0.717, 1.165) is 43.7 Å². The minimum atomic E-state index is -0.515. The highest BCUT2D eigenvalue weighted by molar-refractivity contribution is 8.18. The number of halogens is 1. The van der Waals surface area contributed by atoms with Crippen LogP contribution < -0.4 is 5.32 Å². The van der Waals surface area contributed by atoms with Gasteiger partial charge in [0.25, 0.3) is 11.1 Å². The number of nitrogens with zero attached hydrogens (tertiary/aromatic N) is 2. The fourth-order valence-electron chi connectivity index (χ4n) is 4.45. The number of thioether (sulfide) groups is 2. The lowest BCUT2D eigenvalue weighted by Crippen LogP contribution is -2.36. The molecule has 0 saturated carbocycles. The van der Waals surface area contributed by atoms with E-state index in [9.17, 15) is 18.8 Å². The number of hydrogen-bond acceptors (Lipinski definition) is 5. The van der Waals surface area contributed by atoms with E-state index in [2.05, 4.69) is 5.32 Å². The summed E-state index contributed by atoms with van der Waals surface area (Å²) >= 11 is 2.36. The molecule has 5 rings (SSSR count). The van der Waals surface area contributed by atoms with E-state index in [-0.39, 0.29) is 17.3 Å². The number of amides is 3. The van der Waals surface area contributed by atoms with E-state index in [1.807, 2.05) is 60.2 Å². The molecule has 4 aromatic rings. The molecule has 1 aromatic heterocycles. The number of para-hydroxylation sites is 1. The number of anilines is 1. The van der Waals surface area contributed by atoms with Gasteiger partial charge in [0.2, 0.25) is 5.91 Å². The molecular formula is C29H24FN3O3S2. The van der Waals surface area contributed by atoms with E-state index in [1.54, 1.807) is 42.1 Å². The first-order valence-electron chi connectivity index (χ1n) is 11.9. The van der Waals surface area contributed by atoms with Crippen LogP contribution in [0.15, 0.2) is 82.6 Å². The zero-order valence-corrected chi connectivity index (χ0v) is 22.4. The summed E-state index contributed by atoms with van der Waals surface area (Å²) in [5.74, 6) is -1.26. The van der Waals surface area contributed by atoms with Crippen molar-refractivity contribution in [2.45, 2.75) is 18.4 Å². The Hall–Kier alpha value is -3.82. The molecule has 0 spiro atoms. The van der Waals surface area contributed by atoms with Gasteiger partial charge in [-0.2, -0.15) is 0 Å². The first-order valence-corrected chi connectivity index (χ1v) is 13.9. The van der Waals surface area contributed by atoms with Gasteiger partial charge in [0, 0.05) is 38.3 Å². The molecule has 0 atom stereocenters. The SMILES string of the molecule is CSc1cccc(NC(=O)CN2C(=O)S/C(=C\c3c(C)n(Cc4ccccc4F)c4ccccc34)C2=O)c1. The molecule has 3 aromatic carbocycles. The fourth-order valence-corrected chi connectivity index (χ4v) is 5.73. The van der Waals surface area contributed by atoms with Crippen LogP contribution in [0.4, 0.5) is 14.9 Å². The van der Waals surface area contributed by atoms with Gasteiger partial charge in [0.15, 0.2) is 0 Å². The molecule has 0 aliphatic carbocycles. The van der Waals surface area contributed by atoms with Crippen LogP contribution in [0.3, 0.4) is 0 Å². The standard InChI is InChI=1S/C29H24FN3O3S2/c1-18-23(22-11-4-6-13-25(22)32(18)16-19-8-3-5-12-24(19)30)15-26-28(35)33(29(36)38-26)17-27(34)31-20-9-7-10-21(14-20)37-2/h3-15H,16-17H2,1-2H3,(H,31,34)/b26-15-. The van der Waals surface area contributed by atoms with Crippen molar-refractivity contribution in [3.63, 3.8) is 0 Å². The van der Waals surface area contributed by atoms with E-state index >= 15 is 0 Å². The second kappa shape index (κ2) is 10.9. The molecular weight excluding hydrogens is 521 g/mol. The molecule has 6 nitrogen and oxygen atoms in total. The van der Waals surface area contributed by atoms with Crippen molar-refractivity contribution < 1.29 is 18.8 Å². The lowest BCUT2D eigenvalue weighted by atomic mass is 10.1. The summed E-state index contributed by atoms with van der Waals surface area (Å²) in [6, 6.07) is 21.7. The Morgan fingerprint density at radius 2 is 1.82 bits per heavy atom. The fraction of sp³-hybridized carbons (Fsp3) is 0.138. The van der Waals surface area contributed by atoms with Crippen LogP contribution in [0.5, 0.6) is 0 Å². The summed E-state index contributed by atoms with van der Waals surface area (Å²) in [5, 5.41) is 3.14. The molecule has 0 radical (unpaired) electrons. The number of benzene rings is 3. The molecule has 1 N–H and O–H groups in total. The Bertz CT molecular complexity index is 1610. The van der Waals surface area contributed by atoms with Gasteiger partial charge >= 0.3 is 0 Å². The maximum atomic E-state index is 14.4. The normalized spacial score (nSPS) is 14.6. The Morgan fingerprint density at radius 3 is 2.61 bits per heavy atom. The average Bonchev–Trinajstić information content (AvgIpc) is 3.33. The summed E-state index contributed by atoms with van der Waals surface area (Å²) < 4.78 is 16.4. The van der Waals surface area contributed by atoms with E-state index < -0.39 is 17.1 Å². The third-order valence-electron chi connectivity index (χ3n) is 6.37. The Labute approximate surface area is 227 Å². The highest BCUT2D eigenvalue weighted by atomic mass is 32.2. The van der Waals surface area contributed by atoms with Gasteiger partial charge in [0.05, 0.1) is 11.4 Å². The van der Waals surface area contributed by atoms with Crippen molar-refractivity contribution in [1.29, 1.82) is 0 Å². The van der Waals surface area contributed by atoms with Gasteiger partial charge in [-0.1, -0.05) is 42.5 Å². The zero-order valence-electron chi connectivity index (χ0n) is 20.7. The molecule has 2 heterocycles. The van der Waals surface area contributed by atoms with Crippen LogP contribution in [0, 0.1) is 12.7 Å². The number of carbonyl (C=O) groups excluding carboxylic acids is 3. The number of aromatic nitrogens is 1. The third-order valence-corrected chi connectivity index (χ3v) is 8.00. The Balaban J connectivity index is 1.41. The largest absolute Gasteiger partial charge is 0.340 e. The number of hydrogen-bond donors (Lipinski definition) is 1. The molecule has 38 heavy (non-hydrogen) atoms. The van der Waals surface area contributed by atoms with Crippen LogP contribution >= 0.6 is 23.5 Å². The molecule has 1 aliphatic rings. The first kappa shape index (κ1) is 25.8. The average molecular weight is 546 g/mol. The van der Waals surface area contributed by atoms with Crippen molar-refractivity contribution in [3.05, 3.63) is 100 Å². The second-order valence-corrected chi connectivity index (χ2v) is 10.6. The number of carbonyl (C=O) groups is 3. The summed E-state index contributed by atoms with van der Waals surface area (Å²) in [5.41, 5.74) is 3.67. The Kier molecular flexibility index (Phi) is 7.40. The van der Waals surface area contributed by atoms with Gasteiger partial charge in [-0.3, -0.25) is 19.3 Å². The molecule has 3 amide bonds. The summed E-state index contributed by atoms with van der Waals surface area (Å²) in [4.78, 5) is 40.7. The van der Waals surface area contributed by atoms with Gasteiger partial charge in [-0.15, -0.1) is 11.8 Å². The van der Waals surface area contributed by atoms with Crippen molar-refractivity contribution in [2.24, 2.45) is 0 Å². The van der Waals surface area contributed by atoms with Gasteiger partial charge in [0.1, 0.15) is 12.4 Å². The second-order valence-electron chi connectivity index (χ2n) is 8.74. The summed E-state index contributed by atoms with van der Waals surface area (Å²) in [6.45, 7) is 1.86. The number of fused-ring (bicyclic) bond motifs is 1. The molecule has 0 unspecified atom stereocenters. The van der Waals surface area contributed by atoms with E-state index in [0.29, 0.717) is 17.8 Å². The summed E-state index contributed by atoms with van der Waals surface area (Å²) in [6.07, 6.45) is 3.63. The summed E-state index contributed by atoms with van der Waals surface area (Å²) in [7, 11) is 0. The molecule has 9 heteroatoms. The number of imide groups is 1. The third kappa shape index (κ3) is 5.12. The smallest absolute Gasteiger partial charge is 0.294 e. The van der Waals surface area contributed by atoms with Crippen molar-refractivity contribution in [2.75, 3.05) is 18.1 Å². The van der Waals surface area contributed by atoms with Gasteiger partial charge in [-0.05, 0) is 61.3 Å². The number of nitrogens with one attached hydrogen (secondary N) is 1. The predicted octanol–water partition coefficient (Wildman–Crippen LogP) is 6.53. The maximum absolute atomic E-state index is 14.4. The van der Waals surface area contributed by atoms with Crippen LogP contribution in [-0.2, 0) is 16.1 Å². The highest BCUT2D eigenvalue weighted by Crippen LogP contribution is 2.36. The predicted molar refractivity (Wildman–Crippen MR) is 152 cm³/mol. The molecule has 192 valence electrons. The Morgan fingerprint density at radius 1 is 1.05 bits per heavy atom. The highest BCUT2D eigenvalue weighted by Gasteiger charge is 2.36. The van der Waals surface area contributed by atoms with Crippen LogP contribution in [0.25, 0.3) is 17.0 Å². The number of rotatable bonds is 7. The monoisotopic (exact) mass is 545 g/mol. The van der Waals surface area contributed by atoms with Gasteiger partial charge < -0.3 is 9.88 Å². The minimum absolute atomic E-state index is 0.240. The van der Waals surface area contributed by atoms with Crippen molar-refractivity contribution in [1.82, 2.24) is 9.47 Å². The molecule has 1 fully saturated rings. The van der Waals surface area contributed by atoms with Crippen LogP contribution in [0.1, 0.15) is 16.8 Å². The topological polar surface area (TPSA) is 71.4 Å². The quantitative estimate of drug-likeness (QED) is 0.211. The van der Waals surface area contributed by atoms with Crippen LogP contribution in [-0.4, -0.2) is 39.3 Å². The van der Waals surface area contributed by atoms with Crippen molar-refractivity contribution >= 4 is 63.2 Å². The lowest BCUT2D eigenvalue weighted by molar-refractivity contribution is -0.127. The molecule has 1 aliphatic heterocycles. The first-order chi connectivity index (χ1) is 18.4. The minimum Gasteiger partial charge on any atom is -0.340 e. The van der Waals surface area contributed by atoms with Crippen LogP contribution in [0.2, 0.25) is 0 Å². The van der Waals surface area contributed by atoms with E-state index in [4.69, 9.17) is 0 Å². The van der Waals surface area contributed by atoms with Crippen molar-refractivity contribution in [3.8, 4) is 0 Å². The lowest BCUT2D eigenvalue weighted by Gasteiger charge is -2.12. The molecule has 0 bridgehead atoms. The molecule has 1 saturated heterocycles. The van der Waals surface area contributed by atoms with Gasteiger partial charge in [-0.25, -0.2) is 4.39 Å². The van der Waals surface area contributed by atoms with E-state index in [1.165, 1.54) is 6.07 Å².